The van der Waals surface area contributed by atoms with Crippen LogP contribution in [-0.4, -0.2) is 138 Å². The zero-order valence-corrected chi connectivity index (χ0v) is 47.0. The van der Waals surface area contributed by atoms with Gasteiger partial charge in [-0.1, -0.05) is 72.8 Å². The Morgan fingerprint density at radius 1 is 0.338 bits per heavy atom. The average molecular weight is 1110 g/mol. The molecule has 4 aromatic rings. The van der Waals surface area contributed by atoms with E-state index in [1.807, 2.05) is 24.3 Å². The van der Waals surface area contributed by atoms with Crippen molar-refractivity contribution in [3.05, 3.63) is 132 Å². The molecule has 2 amide bonds. The van der Waals surface area contributed by atoms with E-state index in [0.29, 0.717) is 32.6 Å². The molecule has 4 aromatic carbocycles. The molecule has 8 N–H and O–H groups in total. The fourth-order valence-corrected chi connectivity index (χ4v) is 4.50. The van der Waals surface area contributed by atoms with Crippen LogP contribution in [0.15, 0.2) is 121 Å². The van der Waals surface area contributed by atoms with Gasteiger partial charge in [0.25, 0.3) is 11.8 Å². The van der Waals surface area contributed by atoms with Gasteiger partial charge in [0.2, 0.25) is 0 Å². The number of nitrogens with zero attached hydrogens (tertiary/aromatic N) is 2. The number of esters is 4. The summed E-state index contributed by atoms with van der Waals surface area (Å²) in [5.41, 5.74) is 1.82. The summed E-state index contributed by atoms with van der Waals surface area (Å²) in [6, 6.07) is 34.7. The number of hydrogen-bond acceptors (Lipinski definition) is 18. The Kier molecular flexibility index (Phi) is 42.8. The fourth-order valence-electron chi connectivity index (χ4n) is 4.50. The number of carbonyl (C=O) groups is 6. The Morgan fingerprint density at radius 3 is 0.662 bits per heavy atom. The third kappa shape index (κ3) is 35.1. The van der Waals surface area contributed by atoms with Crippen molar-refractivity contribution in [2.24, 2.45) is 0 Å². The van der Waals surface area contributed by atoms with E-state index in [1.165, 1.54) is 0 Å². The molecule has 0 heterocycles. The van der Waals surface area contributed by atoms with E-state index in [0.717, 1.165) is 0 Å². The van der Waals surface area contributed by atoms with Crippen LogP contribution < -0.4 is 10.1 Å². The van der Waals surface area contributed by atoms with E-state index in [4.69, 9.17) is 10.2 Å². The maximum absolute atomic E-state index is 11.8. The van der Waals surface area contributed by atoms with E-state index >= 15 is 0 Å². The molecule has 0 unspecified atom stereocenters. The number of rotatable bonds is 14. The van der Waals surface area contributed by atoms with Crippen molar-refractivity contribution in [1.29, 1.82) is 0 Å². The first kappa shape index (κ1) is 75.3. The maximum atomic E-state index is 11.8. The molecule has 0 radical (unpaired) electrons. The summed E-state index contributed by atoms with van der Waals surface area (Å²) >= 11 is 0. The second-order valence-corrected chi connectivity index (χ2v) is 16.5. The molecular formula is C52H74N2O18Ti2. The number of hydrogen-bond donors (Lipinski definition) is 8. The van der Waals surface area contributed by atoms with Crippen LogP contribution in [0, 0.1) is 0 Å². The summed E-state index contributed by atoms with van der Waals surface area (Å²) < 4.78 is 18.5. The van der Waals surface area contributed by atoms with Gasteiger partial charge in [-0.05, 0) is 132 Å². The van der Waals surface area contributed by atoms with Crippen molar-refractivity contribution in [2.45, 2.75) is 144 Å². The van der Waals surface area contributed by atoms with Crippen molar-refractivity contribution < 1.29 is 132 Å². The summed E-state index contributed by atoms with van der Waals surface area (Å²) in [4.78, 5) is 68.2. The van der Waals surface area contributed by atoms with E-state index in [1.54, 1.807) is 180 Å². The molecule has 408 valence electrons. The number of benzene rings is 4. The van der Waals surface area contributed by atoms with Crippen molar-refractivity contribution in [3.8, 4) is 0 Å². The minimum absolute atomic E-state index is 0. The second kappa shape index (κ2) is 42.1. The molecule has 4 rings (SSSR count). The van der Waals surface area contributed by atoms with Crippen molar-refractivity contribution in [3.63, 3.8) is 0 Å². The second-order valence-electron chi connectivity index (χ2n) is 16.5. The fraction of sp³-hybridized carbons (Fsp3) is 0.423. The van der Waals surface area contributed by atoms with Gasteiger partial charge in [-0.25, -0.2) is 19.2 Å². The smallest absolute Gasteiger partial charge is 0.338 e. The first-order chi connectivity index (χ1) is 33.5. The molecule has 20 nitrogen and oxygen atoms in total. The van der Waals surface area contributed by atoms with Crippen LogP contribution in [0.25, 0.3) is 0 Å². The molecule has 22 heteroatoms. The van der Waals surface area contributed by atoms with Crippen LogP contribution in [0.3, 0.4) is 0 Å². The van der Waals surface area contributed by atoms with E-state index in [9.17, 15) is 59.6 Å². The van der Waals surface area contributed by atoms with Crippen LogP contribution in [-0.2, 0) is 81.6 Å². The summed E-state index contributed by atoms with van der Waals surface area (Å²) in [5, 5.41) is 74.0. The predicted molar refractivity (Wildman–Crippen MR) is 267 cm³/mol. The topological polar surface area (TPSA) is 308 Å². The molecule has 0 aromatic heterocycles. The van der Waals surface area contributed by atoms with E-state index in [2.05, 4.69) is 18.9 Å². The Balaban J connectivity index is -0.000000416. The number of hydroxylamine groups is 2. The summed E-state index contributed by atoms with van der Waals surface area (Å²) in [6.07, 6.45) is -9.76. The summed E-state index contributed by atoms with van der Waals surface area (Å²) in [7, 11) is 0. The SMILES string of the molecule is CC(C)O.CC(C)O.CC(C)OC(=O)[C@H](O)[C@@H](O)C(=O)OC(C)C.CC(C)OC(=O)[C@H](O)[C@@H](O)C(=O)OC(C)C.O=C(c1ccccc1)N(O)c1ccccc1.O=C(c1ccccc1)N(O)c1ccccc1.[Ti].[Ti]. The molecule has 0 saturated carbocycles. The van der Waals surface area contributed by atoms with Gasteiger partial charge in [0.15, 0.2) is 24.4 Å². The van der Waals surface area contributed by atoms with Crippen LogP contribution in [0.1, 0.15) is 104 Å². The van der Waals surface area contributed by atoms with Gasteiger partial charge in [0.05, 0.1) is 35.8 Å². The van der Waals surface area contributed by atoms with Crippen LogP contribution in [0.4, 0.5) is 11.4 Å². The molecule has 0 bridgehead atoms. The molecule has 4 atom stereocenters. The third-order valence-corrected chi connectivity index (χ3v) is 7.40. The van der Waals surface area contributed by atoms with Gasteiger partial charge >= 0.3 is 23.9 Å². The van der Waals surface area contributed by atoms with Crippen LogP contribution in [0.5, 0.6) is 0 Å². The number of amides is 2. The van der Waals surface area contributed by atoms with Crippen molar-refractivity contribution >= 4 is 47.1 Å². The minimum Gasteiger partial charge on any atom is -0.461 e. The average Bonchev–Trinajstić information content (AvgIpc) is 3.32. The molecule has 0 aliphatic carbocycles. The predicted octanol–water partition coefficient (Wildman–Crippen LogP) is 5.44. The zero-order chi connectivity index (χ0) is 55.7. The Morgan fingerprint density at radius 2 is 0.500 bits per heavy atom. The standard InChI is InChI=1S/2C13H11NO2.2C10H18O6.2C3H8O.2Ti/c2*15-13(11-7-3-1-4-8-11)14(16)12-9-5-2-6-10-12;2*1-5(2)15-9(13)7(11)8(12)10(14)16-6(3)4;2*1-3(2)4;;/h2*1-10,16H;2*5-8,11-12H,1-4H3;2*3-4H,1-2H3;;/t;;2*7-,8-;;;;/m..11..../s1. The molecular weight excluding hydrogens is 1040 g/mol. The third-order valence-electron chi connectivity index (χ3n) is 7.40. The van der Waals surface area contributed by atoms with Gasteiger partial charge in [-0.3, -0.25) is 20.0 Å². The normalized spacial score (nSPS) is 11.6. The number of aliphatic hydroxyl groups excluding tert-OH is 6. The zero-order valence-electron chi connectivity index (χ0n) is 43.9. The number of ether oxygens (including phenoxy) is 4. The van der Waals surface area contributed by atoms with Crippen LogP contribution >= 0.6 is 0 Å². The van der Waals surface area contributed by atoms with Gasteiger partial charge in [0, 0.05) is 66.8 Å². The Labute approximate surface area is 463 Å². The van der Waals surface area contributed by atoms with Crippen LogP contribution in [0.2, 0.25) is 0 Å². The number of aliphatic hydroxyl groups is 6. The minimum atomic E-state index is -1.92. The van der Waals surface area contributed by atoms with Crippen molar-refractivity contribution in [2.75, 3.05) is 10.1 Å². The maximum Gasteiger partial charge on any atom is 0.338 e. The summed E-state index contributed by atoms with van der Waals surface area (Å²) in [6.45, 7) is 19.6. The van der Waals surface area contributed by atoms with E-state index in [-0.39, 0.29) is 55.6 Å². The molecule has 0 saturated heterocycles. The number of para-hydroxylation sites is 2. The quantitative estimate of drug-likeness (QED) is 0.0256. The molecule has 0 spiro atoms. The molecule has 0 aliphatic rings. The van der Waals surface area contributed by atoms with Gasteiger partial charge in [0.1, 0.15) is 0 Å². The first-order valence-corrected chi connectivity index (χ1v) is 22.7. The monoisotopic (exact) mass is 1110 g/mol. The molecule has 74 heavy (non-hydrogen) atoms. The van der Waals surface area contributed by atoms with E-state index < -0.39 is 84.5 Å². The molecule has 0 fully saturated rings. The van der Waals surface area contributed by atoms with Gasteiger partial charge in [-0.15, -0.1) is 0 Å². The van der Waals surface area contributed by atoms with Crippen molar-refractivity contribution in [1.82, 2.24) is 0 Å². The van der Waals surface area contributed by atoms with Gasteiger partial charge in [-0.2, -0.15) is 10.1 Å². The largest absolute Gasteiger partial charge is 0.461 e. The van der Waals surface area contributed by atoms with Gasteiger partial charge < -0.3 is 49.6 Å². The molecule has 0 aliphatic heterocycles. The Hall–Kier alpha value is -5.19. The first-order valence-electron chi connectivity index (χ1n) is 22.7. The number of carbonyl (C=O) groups excluding carboxylic acids is 6. The number of anilines is 2. The Bertz CT molecular complexity index is 1910. The summed E-state index contributed by atoms with van der Waals surface area (Å²) in [5.74, 6) is -5.09.